The van der Waals surface area contributed by atoms with E-state index < -0.39 is 0 Å². The number of thiophene rings is 1. The Morgan fingerprint density at radius 1 is 1.37 bits per heavy atom. The molecule has 0 radical (unpaired) electrons. The lowest BCUT2D eigenvalue weighted by Crippen LogP contribution is -2.18. The fraction of sp³-hybridized carbons (Fsp3) is 0.286. The summed E-state index contributed by atoms with van der Waals surface area (Å²) in [6.07, 6.45) is 0. The molecule has 0 aliphatic rings. The van der Waals surface area contributed by atoms with Gasteiger partial charge in [-0.1, -0.05) is 18.2 Å². The van der Waals surface area contributed by atoms with Gasteiger partial charge in [0.2, 0.25) is 0 Å². The van der Waals surface area contributed by atoms with Crippen molar-refractivity contribution in [2.24, 2.45) is 0 Å². The van der Waals surface area contributed by atoms with Gasteiger partial charge in [-0.2, -0.15) is 0 Å². The third-order valence-electron chi connectivity index (χ3n) is 3.18. The third kappa shape index (κ3) is 3.19. The number of rotatable bonds is 5. The second-order valence-electron chi connectivity index (χ2n) is 4.44. The molecular formula is C14H16N2O2S. The Morgan fingerprint density at radius 3 is 2.79 bits per heavy atom. The SMILES string of the molecule is Cc1c(CNC(C)c2cccs2)cccc1[N+](=O)[O-]. The Labute approximate surface area is 116 Å². The molecule has 1 unspecified atom stereocenters. The van der Waals surface area contributed by atoms with Crippen molar-refractivity contribution in [3.8, 4) is 0 Å². The lowest BCUT2D eigenvalue weighted by molar-refractivity contribution is -0.385. The van der Waals surface area contributed by atoms with Crippen molar-refractivity contribution in [2.45, 2.75) is 26.4 Å². The van der Waals surface area contributed by atoms with Gasteiger partial charge in [-0.3, -0.25) is 10.1 Å². The van der Waals surface area contributed by atoms with Crippen molar-refractivity contribution in [3.63, 3.8) is 0 Å². The highest BCUT2D eigenvalue weighted by atomic mass is 32.1. The van der Waals surface area contributed by atoms with E-state index in [4.69, 9.17) is 0 Å². The van der Waals surface area contributed by atoms with Crippen molar-refractivity contribution in [2.75, 3.05) is 0 Å². The van der Waals surface area contributed by atoms with Crippen LogP contribution in [-0.4, -0.2) is 4.92 Å². The van der Waals surface area contributed by atoms with Crippen LogP contribution in [0.15, 0.2) is 35.7 Å². The Morgan fingerprint density at radius 2 is 2.16 bits per heavy atom. The summed E-state index contributed by atoms with van der Waals surface area (Å²) in [7, 11) is 0. The summed E-state index contributed by atoms with van der Waals surface area (Å²) < 4.78 is 0. The van der Waals surface area contributed by atoms with Gasteiger partial charge >= 0.3 is 0 Å². The second-order valence-corrected chi connectivity index (χ2v) is 5.42. The van der Waals surface area contributed by atoms with E-state index in [-0.39, 0.29) is 16.7 Å². The van der Waals surface area contributed by atoms with E-state index in [1.54, 1.807) is 30.4 Å². The maximum atomic E-state index is 10.9. The summed E-state index contributed by atoms with van der Waals surface area (Å²) in [6.45, 7) is 4.52. The molecule has 1 aromatic heterocycles. The summed E-state index contributed by atoms with van der Waals surface area (Å²) in [5, 5.41) is 16.3. The molecular weight excluding hydrogens is 260 g/mol. The van der Waals surface area contributed by atoms with Crippen LogP contribution in [0.2, 0.25) is 0 Å². The summed E-state index contributed by atoms with van der Waals surface area (Å²) in [5.41, 5.74) is 1.89. The second kappa shape index (κ2) is 5.95. The molecule has 0 amide bonds. The summed E-state index contributed by atoms with van der Waals surface area (Å²) in [4.78, 5) is 11.8. The molecule has 0 spiro atoms. The normalized spacial score (nSPS) is 12.3. The van der Waals surface area contributed by atoms with Gasteiger partial charge < -0.3 is 5.32 Å². The number of nitrogens with one attached hydrogen (secondary N) is 1. The molecule has 0 aliphatic carbocycles. The van der Waals surface area contributed by atoms with Crippen LogP contribution in [0.5, 0.6) is 0 Å². The monoisotopic (exact) mass is 276 g/mol. The highest BCUT2D eigenvalue weighted by Gasteiger charge is 2.13. The zero-order valence-electron chi connectivity index (χ0n) is 10.9. The van der Waals surface area contributed by atoms with E-state index in [2.05, 4.69) is 18.3 Å². The number of hydrogen-bond donors (Lipinski definition) is 1. The average Bonchev–Trinajstić information content (AvgIpc) is 2.90. The molecule has 1 heterocycles. The van der Waals surface area contributed by atoms with E-state index in [0.717, 1.165) is 11.1 Å². The van der Waals surface area contributed by atoms with Crippen LogP contribution in [0.4, 0.5) is 5.69 Å². The minimum absolute atomic E-state index is 0.183. The molecule has 100 valence electrons. The van der Waals surface area contributed by atoms with Gasteiger partial charge in [-0.25, -0.2) is 0 Å². The van der Waals surface area contributed by atoms with Gasteiger partial charge in [0, 0.05) is 29.1 Å². The molecule has 1 atom stereocenters. The lowest BCUT2D eigenvalue weighted by atomic mass is 10.1. The quantitative estimate of drug-likeness (QED) is 0.667. The van der Waals surface area contributed by atoms with Gasteiger partial charge in [0.1, 0.15) is 0 Å². The van der Waals surface area contributed by atoms with Crippen molar-refractivity contribution in [3.05, 3.63) is 61.8 Å². The smallest absolute Gasteiger partial charge is 0.272 e. The molecule has 0 fully saturated rings. The molecule has 19 heavy (non-hydrogen) atoms. The number of nitro benzene ring substituents is 1. The first-order valence-electron chi connectivity index (χ1n) is 6.09. The first kappa shape index (κ1) is 13.7. The maximum Gasteiger partial charge on any atom is 0.272 e. The Bertz CT molecular complexity index is 567. The Hall–Kier alpha value is -1.72. The number of nitrogens with zero attached hydrogens (tertiary/aromatic N) is 1. The number of benzene rings is 1. The van der Waals surface area contributed by atoms with E-state index in [1.165, 1.54) is 4.88 Å². The van der Waals surface area contributed by atoms with E-state index in [9.17, 15) is 10.1 Å². The van der Waals surface area contributed by atoms with Crippen molar-refractivity contribution >= 4 is 17.0 Å². The van der Waals surface area contributed by atoms with Gasteiger partial charge in [-0.15, -0.1) is 11.3 Å². The molecule has 1 aromatic carbocycles. The number of nitro groups is 1. The minimum Gasteiger partial charge on any atom is -0.305 e. The summed E-state index contributed by atoms with van der Waals surface area (Å²) in [6, 6.07) is 9.56. The predicted molar refractivity (Wildman–Crippen MR) is 77.4 cm³/mol. The van der Waals surface area contributed by atoms with E-state index in [1.807, 2.05) is 17.5 Å². The minimum atomic E-state index is -0.332. The van der Waals surface area contributed by atoms with Crippen molar-refractivity contribution < 1.29 is 4.92 Å². The van der Waals surface area contributed by atoms with Crippen LogP contribution < -0.4 is 5.32 Å². The molecule has 0 aliphatic heterocycles. The fourth-order valence-corrected chi connectivity index (χ4v) is 2.72. The Kier molecular flexibility index (Phi) is 4.29. The third-order valence-corrected chi connectivity index (χ3v) is 4.24. The first-order valence-corrected chi connectivity index (χ1v) is 6.97. The van der Waals surface area contributed by atoms with E-state index in [0.29, 0.717) is 6.54 Å². The van der Waals surface area contributed by atoms with Crippen LogP contribution in [0.25, 0.3) is 0 Å². The fourth-order valence-electron chi connectivity index (χ4n) is 1.96. The van der Waals surface area contributed by atoms with Crippen LogP contribution in [-0.2, 0) is 6.54 Å². The molecule has 0 bridgehead atoms. The molecule has 2 rings (SSSR count). The van der Waals surface area contributed by atoms with Crippen LogP contribution >= 0.6 is 11.3 Å². The average molecular weight is 276 g/mol. The molecule has 0 saturated heterocycles. The number of hydrogen-bond acceptors (Lipinski definition) is 4. The highest BCUT2D eigenvalue weighted by Crippen LogP contribution is 2.23. The van der Waals surface area contributed by atoms with Crippen molar-refractivity contribution in [1.82, 2.24) is 5.32 Å². The first-order chi connectivity index (χ1) is 9.09. The zero-order chi connectivity index (χ0) is 13.8. The van der Waals surface area contributed by atoms with Gasteiger partial charge in [0.05, 0.1) is 4.92 Å². The summed E-state index contributed by atoms with van der Waals surface area (Å²) >= 11 is 1.71. The maximum absolute atomic E-state index is 10.9. The van der Waals surface area contributed by atoms with Gasteiger partial charge in [0.25, 0.3) is 5.69 Å². The molecule has 1 N–H and O–H groups in total. The lowest BCUT2D eigenvalue weighted by Gasteiger charge is -2.13. The summed E-state index contributed by atoms with van der Waals surface area (Å²) in [5.74, 6) is 0. The molecule has 2 aromatic rings. The topological polar surface area (TPSA) is 55.2 Å². The zero-order valence-corrected chi connectivity index (χ0v) is 11.7. The molecule has 4 nitrogen and oxygen atoms in total. The van der Waals surface area contributed by atoms with Gasteiger partial charge in [0.15, 0.2) is 0 Å². The van der Waals surface area contributed by atoms with Gasteiger partial charge in [-0.05, 0) is 30.9 Å². The van der Waals surface area contributed by atoms with Crippen LogP contribution in [0, 0.1) is 17.0 Å². The van der Waals surface area contributed by atoms with Crippen molar-refractivity contribution in [1.29, 1.82) is 0 Å². The predicted octanol–water partition coefficient (Wildman–Crippen LogP) is 3.82. The largest absolute Gasteiger partial charge is 0.305 e. The standard InChI is InChI=1S/C14H16N2O2S/c1-10-12(5-3-6-13(10)16(17)18)9-15-11(2)14-7-4-8-19-14/h3-8,11,15H,9H2,1-2H3. The highest BCUT2D eigenvalue weighted by molar-refractivity contribution is 7.10. The van der Waals surface area contributed by atoms with Crippen LogP contribution in [0.3, 0.4) is 0 Å². The van der Waals surface area contributed by atoms with E-state index >= 15 is 0 Å². The molecule has 5 heteroatoms. The molecule has 0 saturated carbocycles. The Balaban J connectivity index is 2.08. The van der Waals surface area contributed by atoms with Crippen LogP contribution in [0.1, 0.15) is 29.0 Å².